The molecule has 1 atom stereocenters. The van der Waals surface area contributed by atoms with E-state index in [0.29, 0.717) is 6.04 Å². The zero-order valence-electron chi connectivity index (χ0n) is 12.6. The van der Waals surface area contributed by atoms with Crippen LogP contribution in [0.5, 0.6) is 5.75 Å². The number of rotatable bonds is 6. The Hall–Kier alpha value is -1.02. The van der Waals surface area contributed by atoms with Crippen molar-refractivity contribution in [3.8, 4) is 5.75 Å². The van der Waals surface area contributed by atoms with E-state index in [1.165, 1.54) is 5.56 Å². The van der Waals surface area contributed by atoms with Crippen molar-refractivity contribution in [1.82, 2.24) is 5.32 Å². The van der Waals surface area contributed by atoms with Crippen LogP contribution in [-0.4, -0.2) is 13.2 Å². The minimum absolute atomic E-state index is 0.200. The lowest BCUT2D eigenvalue weighted by atomic mass is 9.78. The van der Waals surface area contributed by atoms with E-state index in [1.807, 2.05) is 13.1 Å². The largest absolute Gasteiger partial charge is 0.491 e. The molecule has 0 radical (unpaired) electrons. The molecule has 2 nitrogen and oxygen atoms in total. The van der Waals surface area contributed by atoms with Crippen molar-refractivity contribution in [2.75, 3.05) is 7.05 Å². The number of para-hydroxylation sites is 1. The van der Waals surface area contributed by atoms with Crippen molar-refractivity contribution in [2.45, 2.75) is 53.2 Å². The summed E-state index contributed by atoms with van der Waals surface area (Å²) in [6, 6.07) is 8.64. The highest BCUT2D eigenvalue weighted by molar-refractivity contribution is 5.37. The van der Waals surface area contributed by atoms with E-state index in [1.54, 1.807) is 0 Å². The van der Waals surface area contributed by atoms with Gasteiger partial charge in [0.25, 0.3) is 0 Å². The van der Waals surface area contributed by atoms with Gasteiger partial charge < -0.3 is 10.1 Å². The molecular weight excluding hydrogens is 222 g/mol. The second kappa shape index (κ2) is 6.24. The van der Waals surface area contributed by atoms with Gasteiger partial charge in [0.05, 0.1) is 6.10 Å². The van der Waals surface area contributed by atoms with Crippen LogP contribution in [0.4, 0.5) is 0 Å². The molecule has 0 aliphatic carbocycles. The van der Waals surface area contributed by atoms with Gasteiger partial charge in [0.1, 0.15) is 5.75 Å². The summed E-state index contributed by atoms with van der Waals surface area (Å²) < 4.78 is 5.93. The molecule has 0 saturated heterocycles. The molecule has 0 saturated carbocycles. The Bertz CT molecular complexity index is 371. The first-order valence-electron chi connectivity index (χ1n) is 6.85. The van der Waals surface area contributed by atoms with Crippen LogP contribution >= 0.6 is 0 Å². The zero-order chi connectivity index (χ0) is 13.8. The van der Waals surface area contributed by atoms with E-state index in [2.05, 4.69) is 58.1 Å². The Labute approximate surface area is 112 Å². The number of hydrogen-bond acceptors (Lipinski definition) is 2. The summed E-state index contributed by atoms with van der Waals surface area (Å²) in [4.78, 5) is 0. The van der Waals surface area contributed by atoms with Crippen LogP contribution in [0.3, 0.4) is 0 Å². The average Bonchev–Trinajstić information content (AvgIpc) is 2.31. The van der Waals surface area contributed by atoms with Crippen LogP contribution in [-0.2, 0) is 0 Å². The van der Waals surface area contributed by atoms with Crippen LogP contribution < -0.4 is 10.1 Å². The fraction of sp³-hybridized carbons (Fsp3) is 0.625. The predicted molar refractivity (Wildman–Crippen MR) is 78.1 cm³/mol. The topological polar surface area (TPSA) is 21.3 Å². The van der Waals surface area contributed by atoms with Crippen molar-refractivity contribution in [3.63, 3.8) is 0 Å². The predicted octanol–water partition coefficient (Wildman–Crippen LogP) is 4.17. The van der Waals surface area contributed by atoms with Crippen molar-refractivity contribution in [2.24, 2.45) is 5.41 Å². The Kier molecular flexibility index (Phi) is 5.21. The lowest BCUT2D eigenvalue weighted by Gasteiger charge is -2.34. The summed E-state index contributed by atoms with van der Waals surface area (Å²) in [5, 5.41) is 3.44. The van der Waals surface area contributed by atoms with Gasteiger partial charge in [0, 0.05) is 11.6 Å². The smallest absolute Gasteiger partial charge is 0.124 e. The molecule has 0 aliphatic rings. The normalized spacial score (nSPS) is 13.7. The number of hydrogen-bond donors (Lipinski definition) is 1. The fourth-order valence-corrected chi connectivity index (χ4v) is 2.25. The molecule has 0 heterocycles. The van der Waals surface area contributed by atoms with Crippen LogP contribution in [0.15, 0.2) is 24.3 Å². The molecular formula is C16H27NO. The molecule has 1 rings (SSSR count). The van der Waals surface area contributed by atoms with E-state index in [4.69, 9.17) is 4.74 Å². The summed E-state index contributed by atoms with van der Waals surface area (Å²) in [5.41, 5.74) is 1.45. The number of ether oxygens (including phenoxy) is 1. The maximum Gasteiger partial charge on any atom is 0.124 e. The molecule has 0 aromatic heterocycles. The highest BCUT2D eigenvalue weighted by atomic mass is 16.5. The standard InChI is InChI=1S/C16H27NO/c1-7-16(4,5)15(17-6)13-10-8-9-11-14(13)18-12(2)3/h8-12,15,17H,7H2,1-6H3. The highest BCUT2D eigenvalue weighted by Crippen LogP contribution is 2.39. The van der Waals surface area contributed by atoms with E-state index in [-0.39, 0.29) is 11.5 Å². The van der Waals surface area contributed by atoms with Crippen LogP contribution in [0.2, 0.25) is 0 Å². The van der Waals surface area contributed by atoms with Crippen LogP contribution in [0.25, 0.3) is 0 Å². The molecule has 0 fully saturated rings. The summed E-state index contributed by atoms with van der Waals surface area (Å²) in [5.74, 6) is 0.994. The third-order valence-corrected chi connectivity index (χ3v) is 3.57. The highest BCUT2D eigenvalue weighted by Gasteiger charge is 2.29. The second-order valence-electron chi connectivity index (χ2n) is 5.77. The molecule has 102 valence electrons. The van der Waals surface area contributed by atoms with Crippen LogP contribution in [0, 0.1) is 5.41 Å². The Morgan fingerprint density at radius 2 is 1.83 bits per heavy atom. The van der Waals surface area contributed by atoms with Crippen molar-refractivity contribution in [3.05, 3.63) is 29.8 Å². The van der Waals surface area contributed by atoms with Crippen molar-refractivity contribution in [1.29, 1.82) is 0 Å². The van der Waals surface area contributed by atoms with E-state index >= 15 is 0 Å². The molecule has 1 aromatic carbocycles. The first-order chi connectivity index (χ1) is 8.42. The fourth-order valence-electron chi connectivity index (χ4n) is 2.25. The molecule has 18 heavy (non-hydrogen) atoms. The summed E-state index contributed by atoms with van der Waals surface area (Å²) in [6.07, 6.45) is 1.32. The monoisotopic (exact) mass is 249 g/mol. The first kappa shape index (κ1) is 15.0. The summed E-state index contributed by atoms with van der Waals surface area (Å²) in [6.45, 7) is 10.9. The summed E-state index contributed by atoms with van der Waals surface area (Å²) >= 11 is 0. The summed E-state index contributed by atoms with van der Waals surface area (Å²) in [7, 11) is 2.02. The SMILES string of the molecule is CCC(C)(C)C(NC)c1ccccc1OC(C)C. The molecule has 0 spiro atoms. The van der Waals surface area contributed by atoms with Gasteiger partial charge in [-0.2, -0.15) is 0 Å². The number of benzene rings is 1. The molecule has 1 aromatic rings. The zero-order valence-corrected chi connectivity index (χ0v) is 12.6. The third kappa shape index (κ3) is 3.49. The van der Waals surface area contributed by atoms with Gasteiger partial charge in [-0.15, -0.1) is 0 Å². The first-order valence-corrected chi connectivity index (χ1v) is 6.85. The lowest BCUT2D eigenvalue weighted by molar-refractivity contribution is 0.213. The van der Waals surface area contributed by atoms with Gasteiger partial charge >= 0.3 is 0 Å². The van der Waals surface area contributed by atoms with Crippen LogP contribution in [0.1, 0.15) is 52.6 Å². The quantitative estimate of drug-likeness (QED) is 0.817. The molecule has 0 amide bonds. The van der Waals surface area contributed by atoms with Gasteiger partial charge in [-0.1, -0.05) is 39.0 Å². The van der Waals surface area contributed by atoms with Crippen molar-refractivity contribution < 1.29 is 4.74 Å². The molecule has 2 heteroatoms. The maximum absolute atomic E-state index is 5.93. The third-order valence-electron chi connectivity index (χ3n) is 3.57. The Morgan fingerprint density at radius 1 is 1.22 bits per heavy atom. The lowest BCUT2D eigenvalue weighted by Crippen LogP contribution is -2.32. The van der Waals surface area contributed by atoms with Gasteiger partial charge in [0.15, 0.2) is 0 Å². The van der Waals surface area contributed by atoms with Gasteiger partial charge in [-0.3, -0.25) is 0 Å². The van der Waals surface area contributed by atoms with Gasteiger partial charge in [-0.05, 0) is 38.8 Å². The molecule has 0 bridgehead atoms. The Morgan fingerprint density at radius 3 is 2.33 bits per heavy atom. The van der Waals surface area contributed by atoms with Gasteiger partial charge in [0.2, 0.25) is 0 Å². The second-order valence-corrected chi connectivity index (χ2v) is 5.77. The maximum atomic E-state index is 5.93. The van der Waals surface area contributed by atoms with E-state index < -0.39 is 0 Å². The van der Waals surface area contributed by atoms with Gasteiger partial charge in [-0.25, -0.2) is 0 Å². The minimum atomic E-state index is 0.200. The minimum Gasteiger partial charge on any atom is -0.491 e. The van der Waals surface area contributed by atoms with E-state index in [9.17, 15) is 0 Å². The Balaban J connectivity index is 3.13. The average molecular weight is 249 g/mol. The molecule has 1 N–H and O–H groups in total. The number of nitrogens with one attached hydrogen (secondary N) is 1. The van der Waals surface area contributed by atoms with Crippen molar-refractivity contribution >= 4 is 0 Å². The molecule has 1 unspecified atom stereocenters. The molecule has 0 aliphatic heterocycles. The van der Waals surface area contributed by atoms with E-state index in [0.717, 1.165) is 12.2 Å².